The fourth-order valence-corrected chi connectivity index (χ4v) is 2.21. The molecular formula is C19H23NO5. The van der Waals surface area contributed by atoms with Crippen LogP contribution in [0.2, 0.25) is 0 Å². The molecule has 2 aromatic rings. The van der Waals surface area contributed by atoms with Crippen molar-refractivity contribution in [3.8, 4) is 23.0 Å². The zero-order chi connectivity index (χ0) is 18.1. The second-order valence-corrected chi connectivity index (χ2v) is 5.16. The van der Waals surface area contributed by atoms with E-state index in [-0.39, 0.29) is 12.5 Å². The van der Waals surface area contributed by atoms with Gasteiger partial charge in [0.05, 0.1) is 20.8 Å². The number of hydrogen-bond donors (Lipinski definition) is 1. The van der Waals surface area contributed by atoms with Gasteiger partial charge in [-0.15, -0.1) is 0 Å². The van der Waals surface area contributed by atoms with Gasteiger partial charge in [0.15, 0.2) is 18.1 Å². The Balaban J connectivity index is 1.83. The van der Waals surface area contributed by atoms with Crippen LogP contribution in [0.4, 0.5) is 0 Å². The van der Waals surface area contributed by atoms with Gasteiger partial charge in [0, 0.05) is 12.6 Å². The molecule has 0 spiro atoms. The van der Waals surface area contributed by atoms with Crippen LogP contribution >= 0.6 is 0 Å². The predicted octanol–water partition coefficient (Wildman–Crippen LogP) is 2.80. The van der Waals surface area contributed by atoms with Gasteiger partial charge in [-0.2, -0.15) is 0 Å². The summed E-state index contributed by atoms with van der Waals surface area (Å²) in [7, 11) is 3.15. The first-order valence-corrected chi connectivity index (χ1v) is 7.99. The molecule has 0 aromatic heterocycles. The number of hydrogen-bond acceptors (Lipinski definition) is 5. The molecule has 1 amide bonds. The molecule has 0 aliphatic rings. The summed E-state index contributed by atoms with van der Waals surface area (Å²) >= 11 is 0. The molecule has 25 heavy (non-hydrogen) atoms. The lowest BCUT2D eigenvalue weighted by Crippen LogP contribution is -2.28. The normalized spacial score (nSPS) is 10.0. The predicted molar refractivity (Wildman–Crippen MR) is 94.5 cm³/mol. The quantitative estimate of drug-likeness (QED) is 0.757. The van der Waals surface area contributed by atoms with E-state index < -0.39 is 0 Å². The van der Waals surface area contributed by atoms with E-state index in [1.54, 1.807) is 32.4 Å². The Morgan fingerprint density at radius 1 is 0.960 bits per heavy atom. The SMILES string of the molecule is CCOc1cccc(OCC(=O)NCc2ccc(OC)c(OC)c2)c1. The average Bonchev–Trinajstić information content (AvgIpc) is 2.65. The van der Waals surface area contributed by atoms with Gasteiger partial charge < -0.3 is 24.3 Å². The van der Waals surface area contributed by atoms with Gasteiger partial charge in [-0.25, -0.2) is 0 Å². The van der Waals surface area contributed by atoms with Crippen molar-refractivity contribution in [3.63, 3.8) is 0 Å². The monoisotopic (exact) mass is 345 g/mol. The largest absolute Gasteiger partial charge is 0.494 e. The molecule has 2 aromatic carbocycles. The molecule has 0 bridgehead atoms. The molecule has 6 heteroatoms. The summed E-state index contributed by atoms with van der Waals surface area (Å²) in [6.45, 7) is 2.80. The Kier molecular flexibility index (Phi) is 6.95. The van der Waals surface area contributed by atoms with Gasteiger partial charge in [-0.3, -0.25) is 4.79 Å². The van der Waals surface area contributed by atoms with Crippen molar-refractivity contribution >= 4 is 5.91 Å². The van der Waals surface area contributed by atoms with E-state index in [0.29, 0.717) is 36.1 Å². The van der Waals surface area contributed by atoms with Crippen LogP contribution in [0.15, 0.2) is 42.5 Å². The molecule has 0 radical (unpaired) electrons. The van der Waals surface area contributed by atoms with Crippen molar-refractivity contribution in [1.29, 1.82) is 0 Å². The second-order valence-electron chi connectivity index (χ2n) is 5.16. The topological polar surface area (TPSA) is 66.0 Å². The van der Waals surface area contributed by atoms with Crippen molar-refractivity contribution < 1.29 is 23.7 Å². The highest BCUT2D eigenvalue weighted by molar-refractivity contribution is 5.77. The van der Waals surface area contributed by atoms with Gasteiger partial charge in [-0.1, -0.05) is 12.1 Å². The van der Waals surface area contributed by atoms with E-state index in [4.69, 9.17) is 18.9 Å². The average molecular weight is 345 g/mol. The summed E-state index contributed by atoms with van der Waals surface area (Å²) in [4.78, 5) is 12.0. The number of carbonyl (C=O) groups excluding carboxylic acids is 1. The summed E-state index contributed by atoms with van der Waals surface area (Å²) in [5.41, 5.74) is 0.907. The number of methoxy groups -OCH3 is 2. The lowest BCUT2D eigenvalue weighted by atomic mass is 10.2. The maximum Gasteiger partial charge on any atom is 0.258 e. The van der Waals surface area contributed by atoms with E-state index in [9.17, 15) is 4.79 Å². The molecule has 0 saturated heterocycles. The Labute approximate surface area is 147 Å². The molecule has 0 atom stereocenters. The summed E-state index contributed by atoms with van der Waals surface area (Å²) in [6, 6.07) is 12.7. The summed E-state index contributed by atoms with van der Waals surface area (Å²) in [6.07, 6.45) is 0. The van der Waals surface area contributed by atoms with Crippen LogP contribution in [0.1, 0.15) is 12.5 Å². The van der Waals surface area contributed by atoms with Gasteiger partial charge in [0.1, 0.15) is 11.5 Å². The molecule has 134 valence electrons. The van der Waals surface area contributed by atoms with Crippen molar-refractivity contribution in [2.75, 3.05) is 27.4 Å². The van der Waals surface area contributed by atoms with Gasteiger partial charge in [0.25, 0.3) is 5.91 Å². The minimum Gasteiger partial charge on any atom is -0.494 e. The van der Waals surface area contributed by atoms with Crippen molar-refractivity contribution in [2.24, 2.45) is 0 Å². The summed E-state index contributed by atoms with van der Waals surface area (Å²) < 4.78 is 21.3. The number of rotatable bonds is 9. The first-order valence-electron chi connectivity index (χ1n) is 7.99. The molecule has 0 heterocycles. The van der Waals surface area contributed by atoms with Crippen molar-refractivity contribution in [1.82, 2.24) is 5.32 Å². The third-order valence-corrected chi connectivity index (χ3v) is 3.42. The second kappa shape index (κ2) is 9.42. The highest BCUT2D eigenvalue weighted by atomic mass is 16.5. The molecule has 6 nitrogen and oxygen atoms in total. The highest BCUT2D eigenvalue weighted by Gasteiger charge is 2.07. The van der Waals surface area contributed by atoms with Gasteiger partial charge in [-0.05, 0) is 36.8 Å². The van der Waals surface area contributed by atoms with Crippen molar-refractivity contribution in [2.45, 2.75) is 13.5 Å². The zero-order valence-corrected chi connectivity index (χ0v) is 14.7. The van der Waals surface area contributed by atoms with Crippen LogP contribution in [-0.4, -0.2) is 33.3 Å². The van der Waals surface area contributed by atoms with Crippen LogP contribution in [0.3, 0.4) is 0 Å². The lowest BCUT2D eigenvalue weighted by Gasteiger charge is -2.11. The van der Waals surface area contributed by atoms with Crippen molar-refractivity contribution in [3.05, 3.63) is 48.0 Å². The maximum atomic E-state index is 12.0. The number of carbonyl (C=O) groups is 1. The van der Waals surface area contributed by atoms with E-state index in [1.165, 1.54) is 0 Å². The molecule has 1 N–H and O–H groups in total. The minimum absolute atomic E-state index is 0.0666. The van der Waals surface area contributed by atoms with E-state index in [1.807, 2.05) is 31.2 Å². The molecule has 0 aliphatic carbocycles. The molecule has 2 rings (SSSR count). The van der Waals surface area contributed by atoms with E-state index in [2.05, 4.69) is 5.32 Å². The highest BCUT2D eigenvalue weighted by Crippen LogP contribution is 2.27. The fraction of sp³-hybridized carbons (Fsp3) is 0.316. The first kappa shape index (κ1) is 18.4. The molecular weight excluding hydrogens is 322 g/mol. The Hall–Kier alpha value is -2.89. The standard InChI is InChI=1S/C19H23NO5/c1-4-24-15-6-5-7-16(11-15)25-13-19(21)20-12-14-8-9-17(22-2)18(10-14)23-3/h5-11H,4,12-13H2,1-3H3,(H,20,21). The zero-order valence-electron chi connectivity index (χ0n) is 14.7. The fourth-order valence-electron chi connectivity index (χ4n) is 2.21. The Morgan fingerprint density at radius 2 is 1.68 bits per heavy atom. The van der Waals surface area contributed by atoms with Crippen LogP contribution in [0.25, 0.3) is 0 Å². The summed E-state index contributed by atoms with van der Waals surface area (Å²) in [5.74, 6) is 2.36. The lowest BCUT2D eigenvalue weighted by molar-refractivity contribution is -0.123. The van der Waals surface area contributed by atoms with Crippen LogP contribution in [-0.2, 0) is 11.3 Å². The number of amides is 1. The first-order chi connectivity index (χ1) is 12.2. The maximum absolute atomic E-state index is 12.0. The summed E-state index contributed by atoms with van der Waals surface area (Å²) in [5, 5.41) is 2.81. The third kappa shape index (κ3) is 5.60. The molecule has 0 unspecified atom stereocenters. The van der Waals surface area contributed by atoms with Crippen LogP contribution in [0.5, 0.6) is 23.0 Å². The van der Waals surface area contributed by atoms with Gasteiger partial charge >= 0.3 is 0 Å². The number of benzene rings is 2. The van der Waals surface area contributed by atoms with Crippen LogP contribution < -0.4 is 24.3 Å². The van der Waals surface area contributed by atoms with Gasteiger partial charge in [0.2, 0.25) is 0 Å². The molecule has 0 fully saturated rings. The smallest absolute Gasteiger partial charge is 0.258 e. The molecule has 0 aliphatic heterocycles. The Bertz CT molecular complexity index is 702. The van der Waals surface area contributed by atoms with Crippen LogP contribution in [0, 0.1) is 0 Å². The third-order valence-electron chi connectivity index (χ3n) is 3.42. The molecule has 0 saturated carbocycles. The van der Waals surface area contributed by atoms with E-state index >= 15 is 0 Å². The Morgan fingerprint density at radius 3 is 2.36 bits per heavy atom. The number of ether oxygens (including phenoxy) is 4. The van der Waals surface area contributed by atoms with E-state index in [0.717, 1.165) is 5.56 Å². The number of nitrogens with one attached hydrogen (secondary N) is 1. The minimum atomic E-state index is -0.211.